The molecule has 0 aliphatic carbocycles. The second-order valence-electron chi connectivity index (χ2n) is 4.32. The zero-order valence-corrected chi connectivity index (χ0v) is 11.5. The Morgan fingerprint density at radius 2 is 2.05 bits per heavy atom. The van der Waals surface area contributed by atoms with E-state index in [1.807, 2.05) is 24.3 Å². The summed E-state index contributed by atoms with van der Waals surface area (Å²) in [5.41, 5.74) is 2.27. The van der Waals surface area contributed by atoms with Crippen LogP contribution in [-0.2, 0) is 11.2 Å². The highest BCUT2D eigenvalue weighted by atomic mass is 35.5. The van der Waals surface area contributed by atoms with Gasteiger partial charge in [0.1, 0.15) is 5.52 Å². The number of carboxylic acid groups (broad SMARTS) is 1. The van der Waals surface area contributed by atoms with Crippen LogP contribution in [0.25, 0.3) is 11.1 Å². The summed E-state index contributed by atoms with van der Waals surface area (Å²) in [6.07, 6.45) is -0.178. The van der Waals surface area contributed by atoms with E-state index >= 15 is 0 Å². The highest BCUT2D eigenvalue weighted by Gasteiger charge is 2.10. The van der Waals surface area contributed by atoms with Crippen LogP contribution in [0, 0.1) is 0 Å². The first-order chi connectivity index (χ1) is 10.1. The lowest BCUT2D eigenvalue weighted by molar-refractivity contribution is -0.136. The van der Waals surface area contributed by atoms with Crippen molar-refractivity contribution >= 4 is 40.4 Å². The molecule has 3 aromatic rings. The first-order valence-electron chi connectivity index (χ1n) is 6.11. The summed E-state index contributed by atoms with van der Waals surface area (Å²) in [5, 5.41) is 11.8. The van der Waals surface area contributed by atoms with Gasteiger partial charge in [0.2, 0.25) is 0 Å². The number of benzene rings is 1. The molecule has 2 aromatic heterocycles. The number of para-hydroxylation sites is 2. The molecule has 0 saturated carbocycles. The van der Waals surface area contributed by atoms with Crippen molar-refractivity contribution in [3.63, 3.8) is 0 Å². The molecule has 21 heavy (non-hydrogen) atoms. The third-order valence-electron chi connectivity index (χ3n) is 2.77. The van der Waals surface area contributed by atoms with Crippen LogP contribution < -0.4 is 5.32 Å². The monoisotopic (exact) mass is 303 g/mol. The SMILES string of the molecule is O=C(O)Cc1ccc(Nc2nc3ccccc3o2)c(Cl)n1. The summed E-state index contributed by atoms with van der Waals surface area (Å²) in [6, 6.07) is 10.9. The van der Waals surface area contributed by atoms with Gasteiger partial charge in [-0.2, -0.15) is 4.98 Å². The summed E-state index contributed by atoms with van der Waals surface area (Å²) < 4.78 is 5.52. The quantitative estimate of drug-likeness (QED) is 0.719. The number of hydrogen-bond donors (Lipinski definition) is 2. The number of anilines is 2. The molecular formula is C14H10ClN3O3. The molecule has 6 nitrogen and oxygen atoms in total. The molecule has 0 spiro atoms. The van der Waals surface area contributed by atoms with Gasteiger partial charge in [-0.15, -0.1) is 0 Å². The van der Waals surface area contributed by atoms with E-state index in [9.17, 15) is 4.79 Å². The Bertz CT molecular complexity index is 783. The second-order valence-corrected chi connectivity index (χ2v) is 4.68. The van der Waals surface area contributed by atoms with E-state index in [2.05, 4.69) is 15.3 Å². The Labute approximate surface area is 124 Å². The molecule has 0 amide bonds. The van der Waals surface area contributed by atoms with E-state index in [0.29, 0.717) is 23.0 Å². The predicted octanol–water partition coefficient (Wildman–Crippen LogP) is 3.25. The van der Waals surface area contributed by atoms with Gasteiger partial charge >= 0.3 is 5.97 Å². The van der Waals surface area contributed by atoms with Crippen LogP contribution in [-0.4, -0.2) is 21.0 Å². The lowest BCUT2D eigenvalue weighted by Gasteiger charge is -2.05. The lowest BCUT2D eigenvalue weighted by atomic mass is 10.2. The Morgan fingerprint density at radius 1 is 1.24 bits per heavy atom. The van der Waals surface area contributed by atoms with Crippen molar-refractivity contribution in [2.75, 3.05) is 5.32 Å². The van der Waals surface area contributed by atoms with Crippen molar-refractivity contribution in [1.29, 1.82) is 0 Å². The maximum Gasteiger partial charge on any atom is 0.309 e. The fourth-order valence-electron chi connectivity index (χ4n) is 1.86. The second kappa shape index (κ2) is 5.41. The van der Waals surface area contributed by atoms with Crippen molar-refractivity contribution in [2.45, 2.75) is 6.42 Å². The molecule has 0 aliphatic rings. The standard InChI is InChI=1S/C14H10ClN3O3/c15-13-10(6-5-8(16-13)7-12(19)20)18-14-17-9-3-1-2-4-11(9)21-14/h1-6H,7H2,(H,17,18)(H,19,20). The Kier molecular flexibility index (Phi) is 3.45. The van der Waals surface area contributed by atoms with E-state index in [4.69, 9.17) is 21.1 Å². The average Bonchev–Trinajstić information content (AvgIpc) is 2.83. The Morgan fingerprint density at radius 3 is 2.76 bits per heavy atom. The number of carboxylic acids is 1. The van der Waals surface area contributed by atoms with Crippen LogP contribution in [0.5, 0.6) is 0 Å². The fraction of sp³-hybridized carbons (Fsp3) is 0.0714. The van der Waals surface area contributed by atoms with E-state index in [0.717, 1.165) is 5.52 Å². The van der Waals surface area contributed by atoms with Crippen molar-refractivity contribution in [3.05, 3.63) is 47.2 Å². The summed E-state index contributed by atoms with van der Waals surface area (Å²) in [5.74, 6) is -0.960. The van der Waals surface area contributed by atoms with Crippen molar-refractivity contribution in [1.82, 2.24) is 9.97 Å². The number of hydrogen-bond acceptors (Lipinski definition) is 5. The van der Waals surface area contributed by atoms with Crippen molar-refractivity contribution in [2.24, 2.45) is 0 Å². The number of nitrogens with one attached hydrogen (secondary N) is 1. The first kappa shape index (κ1) is 13.4. The van der Waals surface area contributed by atoms with Gasteiger partial charge in [-0.05, 0) is 24.3 Å². The van der Waals surface area contributed by atoms with E-state index < -0.39 is 5.97 Å². The van der Waals surface area contributed by atoms with Gasteiger partial charge in [-0.3, -0.25) is 4.79 Å². The maximum atomic E-state index is 10.6. The topological polar surface area (TPSA) is 88.2 Å². The number of rotatable bonds is 4. The molecule has 0 radical (unpaired) electrons. The molecule has 7 heteroatoms. The van der Waals surface area contributed by atoms with E-state index in [1.165, 1.54) is 0 Å². The van der Waals surface area contributed by atoms with Gasteiger partial charge in [-0.1, -0.05) is 23.7 Å². The summed E-state index contributed by atoms with van der Waals surface area (Å²) >= 11 is 6.03. The Balaban J connectivity index is 1.85. The molecule has 2 N–H and O–H groups in total. The van der Waals surface area contributed by atoms with Crippen LogP contribution in [0.1, 0.15) is 5.69 Å². The van der Waals surface area contributed by atoms with E-state index in [-0.39, 0.29) is 11.6 Å². The minimum absolute atomic E-state index is 0.163. The van der Waals surface area contributed by atoms with Gasteiger partial charge in [0, 0.05) is 0 Å². The molecule has 106 valence electrons. The molecular weight excluding hydrogens is 294 g/mol. The van der Waals surface area contributed by atoms with Crippen LogP contribution in [0.15, 0.2) is 40.8 Å². The van der Waals surface area contributed by atoms with Crippen LogP contribution in [0.4, 0.5) is 11.7 Å². The molecule has 0 fully saturated rings. The number of halogens is 1. The number of oxazole rings is 1. The van der Waals surface area contributed by atoms with Crippen molar-refractivity contribution in [3.8, 4) is 0 Å². The van der Waals surface area contributed by atoms with Gasteiger partial charge in [0.25, 0.3) is 6.01 Å². The molecule has 0 atom stereocenters. The van der Waals surface area contributed by atoms with Gasteiger partial charge in [-0.25, -0.2) is 4.98 Å². The van der Waals surface area contributed by atoms with Crippen LogP contribution in [0.2, 0.25) is 5.15 Å². The number of aliphatic carboxylic acids is 1. The number of fused-ring (bicyclic) bond motifs is 1. The molecule has 1 aromatic carbocycles. The molecule has 0 unspecified atom stereocenters. The fourth-order valence-corrected chi connectivity index (χ4v) is 2.08. The third-order valence-corrected chi connectivity index (χ3v) is 3.06. The molecule has 0 saturated heterocycles. The van der Waals surface area contributed by atoms with Crippen molar-refractivity contribution < 1.29 is 14.3 Å². The molecule has 2 heterocycles. The van der Waals surface area contributed by atoms with Gasteiger partial charge in [0.15, 0.2) is 10.7 Å². The maximum absolute atomic E-state index is 10.6. The van der Waals surface area contributed by atoms with Crippen LogP contribution >= 0.6 is 11.6 Å². The highest BCUT2D eigenvalue weighted by molar-refractivity contribution is 6.32. The minimum Gasteiger partial charge on any atom is -0.481 e. The number of pyridine rings is 1. The van der Waals surface area contributed by atoms with Gasteiger partial charge in [0.05, 0.1) is 17.8 Å². The van der Waals surface area contributed by atoms with Gasteiger partial charge < -0.3 is 14.8 Å². The zero-order chi connectivity index (χ0) is 14.8. The normalized spacial score (nSPS) is 10.7. The molecule has 0 aliphatic heterocycles. The zero-order valence-electron chi connectivity index (χ0n) is 10.7. The lowest BCUT2D eigenvalue weighted by Crippen LogP contribution is -2.03. The molecule has 0 bridgehead atoms. The third kappa shape index (κ3) is 2.95. The number of aromatic nitrogens is 2. The highest BCUT2D eigenvalue weighted by Crippen LogP contribution is 2.26. The van der Waals surface area contributed by atoms with E-state index in [1.54, 1.807) is 12.1 Å². The number of nitrogens with zero attached hydrogens (tertiary/aromatic N) is 2. The minimum atomic E-state index is -0.960. The number of carbonyl (C=O) groups is 1. The first-order valence-corrected chi connectivity index (χ1v) is 6.49. The largest absolute Gasteiger partial charge is 0.481 e. The molecule has 3 rings (SSSR count). The summed E-state index contributed by atoms with van der Waals surface area (Å²) in [4.78, 5) is 18.9. The Hall–Kier alpha value is -2.60. The predicted molar refractivity (Wildman–Crippen MR) is 77.9 cm³/mol. The smallest absolute Gasteiger partial charge is 0.309 e. The summed E-state index contributed by atoms with van der Waals surface area (Å²) in [7, 11) is 0. The summed E-state index contributed by atoms with van der Waals surface area (Å²) in [6.45, 7) is 0. The van der Waals surface area contributed by atoms with Crippen LogP contribution in [0.3, 0.4) is 0 Å². The average molecular weight is 304 g/mol.